The lowest BCUT2D eigenvalue weighted by atomic mass is 10.3. The zero-order valence-electron chi connectivity index (χ0n) is 12.4. The molecule has 7 heteroatoms. The van der Waals surface area contributed by atoms with Gasteiger partial charge in [0.2, 0.25) is 5.88 Å². The number of carbonyl (C=O) groups excluding carboxylic acids is 2. The molecule has 1 heterocycles. The third-order valence-electron chi connectivity index (χ3n) is 2.75. The van der Waals surface area contributed by atoms with Gasteiger partial charge >= 0.3 is 5.97 Å². The van der Waals surface area contributed by atoms with Crippen LogP contribution in [-0.4, -0.2) is 30.1 Å². The Bertz CT molecular complexity index is 706. The summed E-state index contributed by atoms with van der Waals surface area (Å²) in [6, 6.07) is 10.5. The van der Waals surface area contributed by atoms with Crippen molar-refractivity contribution in [2.24, 2.45) is 0 Å². The molecule has 0 aliphatic rings. The molecule has 0 saturated carbocycles. The van der Waals surface area contributed by atoms with Gasteiger partial charge in [-0.2, -0.15) is 0 Å². The number of nitrogens with zero attached hydrogens (tertiary/aromatic N) is 1. The summed E-state index contributed by atoms with van der Waals surface area (Å²) >= 11 is 2.11. The molecule has 1 aromatic heterocycles. The van der Waals surface area contributed by atoms with E-state index in [9.17, 15) is 9.59 Å². The van der Waals surface area contributed by atoms with Crippen molar-refractivity contribution in [1.29, 1.82) is 0 Å². The minimum atomic E-state index is -0.653. The van der Waals surface area contributed by atoms with Crippen molar-refractivity contribution in [3.63, 3.8) is 0 Å². The van der Waals surface area contributed by atoms with Crippen LogP contribution in [0.4, 0.5) is 5.69 Å². The van der Waals surface area contributed by atoms with Crippen LogP contribution in [0, 0.1) is 3.57 Å². The Morgan fingerprint density at radius 3 is 2.74 bits per heavy atom. The summed E-state index contributed by atoms with van der Waals surface area (Å²) in [7, 11) is 0. The first kappa shape index (κ1) is 17.2. The molecule has 0 saturated heterocycles. The average Bonchev–Trinajstić information content (AvgIpc) is 2.55. The highest BCUT2D eigenvalue weighted by Crippen LogP contribution is 2.17. The average molecular weight is 426 g/mol. The first-order valence-electron chi connectivity index (χ1n) is 6.91. The second kappa shape index (κ2) is 8.47. The van der Waals surface area contributed by atoms with Crippen LogP contribution in [0.25, 0.3) is 0 Å². The number of rotatable bonds is 6. The van der Waals surface area contributed by atoms with Gasteiger partial charge in [0.05, 0.1) is 12.3 Å². The molecular weight excluding hydrogens is 411 g/mol. The maximum atomic E-state index is 12.0. The zero-order chi connectivity index (χ0) is 16.7. The number of benzene rings is 1. The molecule has 23 heavy (non-hydrogen) atoms. The number of aromatic nitrogens is 1. The number of halogens is 1. The van der Waals surface area contributed by atoms with Crippen LogP contribution in [-0.2, 0) is 9.53 Å². The van der Waals surface area contributed by atoms with Crippen molar-refractivity contribution in [3.05, 3.63) is 51.7 Å². The SMILES string of the molecule is CCOc1ncccc1C(=O)OCC(=O)Nc1ccccc1I. The quantitative estimate of drug-likeness (QED) is 0.568. The Morgan fingerprint density at radius 2 is 2.00 bits per heavy atom. The normalized spacial score (nSPS) is 10.0. The van der Waals surface area contributed by atoms with Gasteiger partial charge in [-0.25, -0.2) is 9.78 Å². The third kappa shape index (κ3) is 4.92. The number of hydrogen-bond donors (Lipinski definition) is 1. The minimum absolute atomic E-state index is 0.191. The number of amides is 1. The van der Waals surface area contributed by atoms with Crippen LogP contribution < -0.4 is 10.1 Å². The van der Waals surface area contributed by atoms with Crippen LogP contribution in [0.2, 0.25) is 0 Å². The fourth-order valence-electron chi connectivity index (χ4n) is 1.76. The van der Waals surface area contributed by atoms with Gasteiger partial charge in [0.1, 0.15) is 5.56 Å². The van der Waals surface area contributed by atoms with Crippen molar-refractivity contribution >= 4 is 40.2 Å². The molecule has 2 aromatic rings. The zero-order valence-corrected chi connectivity index (χ0v) is 14.6. The molecule has 0 aliphatic heterocycles. The first-order chi connectivity index (χ1) is 11.1. The minimum Gasteiger partial charge on any atom is -0.477 e. The number of nitrogens with one attached hydrogen (secondary N) is 1. The summed E-state index contributed by atoms with van der Waals surface area (Å²) in [4.78, 5) is 27.9. The van der Waals surface area contributed by atoms with Crippen molar-refractivity contribution in [3.8, 4) is 5.88 Å². The molecular formula is C16H15IN2O4. The van der Waals surface area contributed by atoms with E-state index in [1.807, 2.05) is 18.2 Å². The standard InChI is InChI=1S/C16H15IN2O4/c1-2-22-15-11(6-5-9-18-15)16(21)23-10-14(20)19-13-8-4-3-7-12(13)17/h3-9H,2,10H2,1H3,(H,19,20). The number of hydrogen-bond acceptors (Lipinski definition) is 5. The Hall–Kier alpha value is -2.16. The molecule has 0 radical (unpaired) electrons. The number of esters is 1. The second-order valence-electron chi connectivity index (χ2n) is 4.39. The topological polar surface area (TPSA) is 77.5 Å². The van der Waals surface area contributed by atoms with E-state index in [2.05, 4.69) is 32.9 Å². The molecule has 0 bridgehead atoms. The van der Waals surface area contributed by atoms with E-state index in [0.717, 1.165) is 3.57 Å². The molecule has 0 spiro atoms. The lowest BCUT2D eigenvalue weighted by Gasteiger charge is -2.10. The van der Waals surface area contributed by atoms with Gasteiger partial charge < -0.3 is 14.8 Å². The molecule has 0 fully saturated rings. The Kier molecular flexibility index (Phi) is 6.33. The van der Waals surface area contributed by atoms with E-state index in [1.165, 1.54) is 6.20 Å². The van der Waals surface area contributed by atoms with Gasteiger partial charge in [0.25, 0.3) is 5.91 Å². The summed E-state index contributed by atoms with van der Waals surface area (Å²) in [5.41, 5.74) is 0.863. The highest BCUT2D eigenvalue weighted by molar-refractivity contribution is 14.1. The van der Waals surface area contributed by atoms with E-state index in [1.54, 1.807) is 25.1 Å². The summed E-state index contributed by atoms with van der Waals surface area (Å²) in [6.45, 7) is 1.78. The molecule has 1 aromatic carbocycles. The number of ether oxygens (including phenoxy) is 2. The van der Waals surface area contributed by atoms with Gasteiger partial charge in [-0.15, -0.1) is 0 Å². The van der Waals surface area contributed by atoms with Crippen molar-refractivity contribution < 1.29 is 19.1 Å². The molecule has 2 rings (SSSR count). The summed E-state index contributed by atoms with van der Waals surface area (Å²) < 4.78 is 11.2. The highest BCUT2D eigenvalue weighted by atomic mass is 127. The number of carbonyl (C=O) groups is 2. The Morgan fingerprint density at radius 1 is 1.22 bits per heavy atom. The summed E-state index contributed by atoms with van der Waals surface area (Å²) in [5.74, 6) is -0.873. The Balaban J connectivity index is 1.94. The van der Waals surface area contributed by atoms with Crippen LogP contribution >= 0.6 is 22.6 Å². The van der Waals surface area contributed by atoms with E-state index >= 15 is 0 Å². The lowest BCUT2D eigenvalue weighted by Crippen LogP contribution is -2.21. The van der Waals surface area contributed by atoms with Crippen molar-refractivity contribution in [2.75, 3.05) is 18.5 Å². The van der Waals surface area contributed by atoms with Crippen LogP contribution in [0.5, 0.6) is 5.88 Å². The second-order valence-corrected chi connectivity index (χ2v) is 5.56. The Labute approximate surface area is 147 Å². The van der Waals surface area contributed by atoms with Crippen molar-refractivity contribution in [2.45, 2.75) is 6.92 Å². The van der Waals surface area contributed by atoms with Crippen LogP contribution in [0.15, 0.2) is 42.6 Å². The van der Waals surface area contributed by atoms with Crippen LogP contribution in [0.1, 0.15) is 17.3 Å². The fourth-order valence-corrected chi connectivity index (χ4v) is 2.28. The molecule has 0 atom stereocenters. The number of pyridine rings is 1. The first-order valence-corrected chi connectivity index (χ1v) is 7.99. The monoisotopic (exact) mass is 426 g/mol. The third-order valence-corrected chi connectivity index (χ3v) is 3.70. The van der Waals surface area contributed by atoms with Gasteiger partial charge in [-0.05, 0) is 53.8 Å². The molecule has 1 amide bonds. The lowest BCUT2D eigenvalue weighted by molar-refractivity contribution is -0.119. The number of anilines is 1. The smallest absolute Gasteiger partial charge is 0.344 e. The maximum absolute atomic E-state index is 12.0. The summed E-state index contributed by atoms with van der Waals surface area (Å²) in [5, 5.41) is 2.69. The molecule has 120 valence electrons. The van der Waals surface area contributed by atoms with Gasteiger partial charge in [0.15, 0.2) is 6.61 Å². The van der Waals surface area contributed by atoms with Gasteiger partial charge in [-0.1, -0.05) is 12.1 Å². The maximum Gasteiger partial charge on any atom is 0.344 e. The van der Waals surface area contributed by atoms with E-state index < -0.39 is 11.9 Å². The van der Waals surface area contributed by atoms with Gasteiger partial charge in [-0.3, -0.25) is 4.79 Å². The molecule has 0 unspecified atom stereocenters. The molecule has 6 nitrogen and oxygen atoms in total. The van der Waals surface area contributed by atoms with E-state index in [4.69, 9.17) is 9.47 Å². The largest absolute Gasteiger partial charge is 0.477 e. The fraction of sp³-hybridized carbons (Fsp3) is 0.188. The number of para-hydroxylation sites is 1. The molecule has 0 aliphatic carbocycles. The van der Waals surface area contributed by atoms with Gasteiger partial charge in [0, 0.05) is 9.77 Å². The van der Waals surface area contributed by atoms with E-state index in [-0.39, 0.29) is 18.1 Å². The predicted molar refractivity (Wildman–Crippen MR) is 93.5 cm³/mol. The van der Waals surface area contributed by atoms with Crippen molar-refractivity contribution in [1.82, 2.24) is 4.98 Å². The van der Waals surface area contributed by atoms with Crippen LogP contribution in [0.3, 0.4) is 0 Å². The predicted octanol–water partition coefficient (Wildman–Crippen LogP) is 2.88. The highest BCUT2D eigenvalue weighted by Gasteiger charge is 2.16. The molecule has 1 N–H and O–H groups in total. The van der Waals surface area contributed by atoms with E-state index in [0.29, 0.717) is 12.3 Å². The summed E-state index contributed by atoms with van der Waals surface area (Å²) in [6.07, 6.45) is 1.52.